The molecule has 0 atom stereocenters. The van der Waals surface area contributed by atoms with Crippen LogP contribution in [0.2, 0.25) is 10.0 Å². The number of benzene rings is 3. The van der Waals surface area contributed by atoms with E-state index < -0.39 is 11.9 Å². The van der Waals surface area contributed by atoms with E-state index in [9.17, 15) is 9.59 Å². The van der Waals surface area contributed by atoms with E-state index in [4.69, 9.17) is 32.7 Å². The summed E-state index contributed by atoms with van der Waals surface area (Å²) in [6, 6.07) is 19.7. The number of esters is 1. The van der Waals surface area contributed by atoms with Crippen molar-refractivity contribution in [2.24, 2.45) is 5.10 Å². The van der Waals surface area contributed by atoms with Crippen molar-refractivity contribution in [3.8, 4) is 11.5 Å². The van der Waals surface area contributed by atoms with Crippen molar-refractivity contribution in [1.82, 2.24) is 5.43 Å². The third-order valence-electron chi connectivity index (χ3n) is 3.76. The van der Waals surface area contributed by atoms with Gasteiger partial charge in [-0.05, 0) is 78.4 Å². The molecule has 0 radical (unpaired) electrons. The van der Waals surface area contributed by atoms with Crippen molar-refractivity contribution >= 4 is 41.3 Å². The van der Waals surface area contributed by atoms with Crippen molar-refractivity contribution in [2.45, 2.75) is 0 Å². The molecule has 0 fully saturated rings. The van der Waals surface area contributed by atoms with Gasteiger partial charge >= 0.3 is 5.97 Å². The molecule has 0 aliphatic heterocycles. The first kappa shape index (κ1) is 21.4. The number of hydrazone groups is 1. The van der Waals surface area contributed by atoms with Crippen molar-refractivity contribution in [3.63, 3.8) is 0 Å². The second-order valence-corrected chi connectivity index (χ2v) is 6.87. The van der Waals surface area contributed by atoms with Gasteiger partial charge in [-0.3, -0.25) is 4.79 Å². The SMILES string of the molecule is O=C(COc1ccc(Cl)cc1)NN=Cc1ccc(OC(=O)c2ccc(Cl)cc2)cc1. The standard InChI is InChI=1S/C22H16Cl2N2O4/c23-17-5-3-16(4-6-17)22(28)30-20-9-1-15(2-10-20)13-25-26-21(27)14-29-19-11-7-18(24)8-12-19/h1-13H,14H2,(H,26,27). The number of halogens is 2. The molecule has 1 N–H and O–H groups in total. The maximum absolute atomic E-state index is 12.1. The summed E-state index contributed by atoms with van der Waals surface area (Å²) in [5.41, 5.74) is 3.47. The zero-order chi connectivity index (χ0) is 21.3. The Morgan fingerprint density at radius 3 is 2.03 bits per heavy atom. The number of nitrogens with one attached hydrogen (secondary N) is 1. The van der Waals surface area contributed by atoms with Crippen LogP contribution in [-0.2, 0) is 4.79 Å². The average molecular weight is 443 g/mol. The fraction of sp³-hybridized carbons (Fsp3) is 0.0455. The summed E-state index contributed by atoms with van der Waals surface area (Å²) in [6.07, 6.45) is 1.46. The summed E-state index contributed by atoms with van der Waals surface area (Å²) in [7, 11) is 0. The average Bonchev–Trinajstić information content (AvgIpc) is 2.75. The molecule has 0 aromatic heterocycles. The van der Waals surface area contributed by atoms with E-state index in [1.165, 1.54) is 6.21 Å². The molecule has 152 valence electrons. The summed E-state index contributed by atoms with van der Waals surface area (Å²) in [4.78, 5) is 23.8. The Balaban J connectivity index is 1.45. The maximum Gasteiger partial charge on any atom is 0.343 e. The van der Waals surface area contributed by atoms with E-state index in [2.05, 4.69) is 10.5 Å². The summed E-state index contributed by atoms with van der Waals surface area (Å²) >= 11 is 11.6. The summed E-state index contributed by atoms with van der Waals surface area (Å²) < 4.78 is 10.6. The fourth-order valence-electron chi connectivity index (χ4n) is 2.26. The van der Waals surface area contributed by atoms with Crippen LogP contribution in [0.4, 0.5) is 0 Å². The molecule has 6 nitrogen and oxygen atoms in total. The second kappa shape index (κ2) is 10.4. The van der Waals surface area contributed by atoms with Crippen LogP contribution in [0.5, 0.6) is 11.5 Å². The van der Waals surface area contributed by atoms with Crippen molar-refractivity contribution in [2.75, 3.05) is 6.61 Å². The summed E-state index contributed by atoms with van der Waals surface area (Å²) in [6.45, 7) is -0.182. The molecule has 3 rings (SSSR count). The zero-order valence-electron chi connectivity index (χ0n) is 15.5. The molecule has 3 aromatic rings. The lowest BCUT2D eigenvalue weighted by Gasteiger charge is -2.05. The molecule has 0 unspecified atom stereocenters. The minimum absolute atomic E-state index is 0.182. The lowest BCUT2D eigenvalue weighted by molar-refractivity contribution is -0.123. The highest BCUT2D eigenvalue weighted by Gasteiger charge is 2.08. The number of amides is 1. The first-order valence-corrected chi connectivity index (χ1v) is 9.53. The van der Waals surface area contributed by atoms with E-state index in [0.29, 0.717) is 32.7 Å². The molecule has 0 aliphatic rings. The second-order valence-electron chi connectivity index (χ2n) is 6.00. The predicted molar refractivity (Wildman–Crippen MR) is 116 cm³/mol. The number of hydrogen-bond acceptors (Lipinski definition) is 5. The molecule has 0 spiro atoms. The van der Waals surface area contributed by atoms with Gasteiger partial charge in [0.05, 0.1) is 11.8 Å². The monoisotopic (exact) mass is 442 g/mol. The molecular weight excluding hydrogens is 427 g/mol. The minimum Gasteiger partial charge on any atom is -0.484 e. The van der Waals surface area contributed by atoms with Gasteiger partial charge in [-0.25, -0.2) is 10.2 Å². The lowest BCUT2D eigenvalue weighted by atomic mass is 10.2. The third kappa shape index (κ3) is 6.62. The highest BCUT2D eigenvalue weighted by Crippen LogP contribution is 2.16. The van der Waals surface area contributed by atoms with Gasteiger partial charge in [-0.1, -0.05) is 23.2 Å². The van der Waals surface area contributed by atoms with Crippen molar-refractivity contribution < 1.29 is 19.1 Å². The van der Waals surface area contributed by atoms with Gasteiger partial charge in [0.1, 0.15) is 11.5 Å². The van der Waals surface area contributed by atoms with Gasteiger partial charge in [0.15, 0.2) is 6.61 Å². The number of nitrogens with zero attached hydrogens (tertiary/aromatic N) is 1. The van der Waals surface area contributed by atoms with E-state index in [1.807, 2.05) is 0 Å². The Labute approximate surface area is 183 Å². The molecule has 0 aliphatic carbocycles. The summed E-state index contributed by atoms with van der Waals surface area (Å²) in [5, 5.41) is 4.99. The molecule has 1 amide bonds. The van der Waals surface area contributed by atoms with Crippen LogP contribution < -0.4 is 14.9 Å². The Bertz CT molecular complexity index is 1030. The third-order valence-corrected chi connectivity index (χ3v) is 4.26. The van der Waals surface area contributed by atoms with E-state index >= 15 is 0 Å². The predicted octanol–water partition coefficient (Wildman–Crippen LogP) is 4.74. The minimum atomic E-state index is -0.485. The van der Waals surface area contributed by atoms with E-state index in [-0.39, 0.29) is 6.61 Å². The highest BCUT2D eigenvalue weighted by atomic mass is 35.5. The topological polar surface area (TPSA) is 77.0 Å². The molecule has 30 heavy (non-hydrogen) atoms. The first-order valence-electron chi connectivity index (χ1n) is 8.78. The van der Waals surface area contributed by atoms with Gasteiger partial charge in [0, 0.05) is 10.0 Å². The Kier molecular flexibility index (Phi) is 7.43. The number of rotatable bonds is 7. The lowest BCUT2D eigenvalue weighted by Crippen LogP contribution is -2.24. The van der Waals surface area contributed by atoms with Gasteiger partial charge < -0.3 is 9.47 Å². The van der Waals surface area contributed by atoms with Crippen molar-refractivity contribution in [1.29, 1.82) is 0 Å². The smallest absolute Gasteiger partial charge is 0.343 e. The summed E-state index contributed by atoms with van der Waals surface area (Å²) in [5.74, 6) is 0.0190. The largest absolute Gasteiger partial charge is 0.484 e. The van der Waals surface area contributed by atoms with E-state index in [0.717, 1.165) is 0 Å². The van der Waals surface area contributed by atoms with E-state index in [1.54, 1.807) is 72.8 Å². The molecule has 0 bridgehead atoms. The van der Waals surface area contributed by atoms with Gasteiger partial charge in [0.2, 0.25) is 0 Å². The van der Waals surface area contributed by atoms with Crippen LogP contribution in [0.25, 0.3) is 0 Å². The van der Waals surface area contributed by atoms with Crippen molar-refractivity contribution in [3.05, 3.63) is 94.0 Å². The normalized spacial score (nSPS) is 10.6. The number of carbonyl (C=O) groups excluding carboxylic acids is 2. The van der Waals surface area contributed by atoms with Crippen LogP contribution in [-0.4, -0.2) is 24.7 Å². The van der Waals surface area contributed by atoms with Crippen LogP contribution in [0.1, 0.15) is 15.9 Å². The number of hydrogen-bond donors (Lipinski definition) is 1. The highest BCUT2D eigenvalue weighted by molar-refractivity contribution is 6.30. The van der Waals surface area contributed by atoms with Crippen LogP contribution in [0.3, 0.4) is 0 Å². The van der Waals surface area contributed by atoms with Gasteiger partial charge in [-0.15, -0.1) is 0 Å². The molecule has 8 heteroatoms. The quantitative estimate of drug-likeness (QED) is 0.248. The fourth-order valence-corrected chi connectivity index (χ4v) is 2.52. The number of ether oxygens (including phenoxy) is 2. The maximum atomic E-state index is 12.1. The first-order chi connectivity index (χ1) is 14.5. The molecular formula is C22H16Cl2N2O4. The number of carbonyl (C=O) groups is 2. The zero-order valence-corrected chi connectivity index (χ0v) is 17.1. The van der Waals surface area contributed by atoms with Gasteiger partial charge in [0.25, 0.3) is 5.91 Å². The van der Waals surface area contributed by atoms with Crippen LogP contribution in [0.15, 0.2) is 77.9 Å². The Hall–Kier alpha value is -3.35. The molecule has 0 saturated carbocycles. The molecule has 0 saturated heterocycles. The molecule has 3 aromatic carbocycles. The Morgan fingerprint density at radius 2 is 1.40 bits per heavy atom. The van der Waals surface area contributed by atoms with Gasteiger partial charge in [-0.2, -0.15) is 5.10 Å². The molecule has 0 heterocycles. The Morgan fingerprint density at radius 1 is 0.833 bits per heavy atom. The van der Waals surface area contributed by atoms with Crippen LogP contribution >= 0.6 is 23.2 Å². The van der Waals surface area contributed by atoms with Crippen LogP contribution in [0, 0.1) is 0 Å².